The second-order valence-electron chi connectivity index (χ2n) is 5.89. The van der Waals surface area contributed by atoms with Crippen LogP contribution < -0.4 is 14.8 Å². The van der Waals surface area contributed by atoms with E-state index in [9.17, 15) is 4.79 Å². The van der Waals surface area contributed by atoms with E-state index in [0.717, 1.165) is 26.1 Å². The Balaban J connectivity index is 1.34. The minimum Gasteiger partial charge on any atom is -0.454 e. The smallest absolute Gasteiger partial charge is 0.251 e. The van der Waals surface area contributed by atoms with Crippen LogP contribution in [-0.4, -0.2) is 36.7 Å². The molecular weight excluding hydrogens is 312 g/mol. The second-order valence-corrected chi connectivity index (χ2v) is 6.67. The van der Waals surface area contributed by atoms with Gasteiger partial charge in [0, 0.05) is 31.2 Å². The number of amides is 1. The summed E-state index contributed by atoms with van der Waals surface area (Å²) in [4.78, 5) is 14.8. The van der Waals surface area contributed by atoms with Crippen LogP contribution in [0.2, 0.25) is 0 Å². The van der Waals surface area contributed by atoms with Crippen molar-refractivity contribution in [2.75, 3.05) is 19.9 Å². The van der Waals surface area contributed by atoms with Crippen LogP contribution in [0.1, 0.15) is 22.3 Å². The summed E-state index contributed by atoms with van der Waals surface area (Å²) in [5.41, 5.74) is 1.96. The van der Waals surface area contributed by atoms with Gasteiger partial charge in [-0.1, -0.05) is 0 Å². The van der Waals surface area contributed by atoms with Gasteiger partial charge in [-0.15, -0.1) is 0 Å². The lowest BCUT2D eigenvalue weighted by atomic mass is 10.1. The normalized spacial score (nSPS) is 19.9. The highest BCUT2D eigenvalue weighted by molar-refractivity contribution is 7.07. The molecule has 2 aromatic rings. The van der Waals surface area contributed by atoms with Crippen molar-refractivity contribution in [2.45, 2.75) is 19.0 Å². The highest BCUT2D eigenvalue weighted by Gasteiger charge is 2.25. The molecule has 1 unspecified atom stereocenters. The van der Waals surface area contributed by atoms with Gasteiger partial charge in [0.05, 0.1) is 0 Å². The molecule has 6 heteroatoms. The van der Waals surface area contributed by atoms with Gasteiger partial charge in [0.2, 0.25) is 6.79 Å². The summed E-state index contributed by atoms with van der Waals surface area (Å²) in [6.07, 6.45) is 0.987. The maximum Gasteiger partial charge on any atom is 0.251 e. The van der Waals surface area contributed by atoms with Gasteiger partial charge in [-0.2, -0.15) is 11.3 Å². The molecule has 0 aliphatic carbocycles. The predicted molar refractivity (Wildman–Crippen MR) is 88.0 cm³/mol. The minimum atomic E-state index is -0.0503. The van der Waals surface area contributed by atoms with Gasteiger partial charge >= 0.3 is 0 Å². The monoisotopic (exact) mass is 330 g/mol. The molecule has 0 radical (unpaired) electrons. The number of benzene rings is 1. The molecule has 3 heterocycles. The molecule has 1 N–H and O–H groups in total. The van der Waals surface area contributed by atoms with Gasteiger partial charge in [0.25, 0.3) is 5.91 Å². The molecule has 1 aromatic heterocycles. The number of nitrogens with one attached hydrogen (secondary N) is 1. The van der Waals surface area contributed by atoms with Crippen molar-refractivity contribution in [3.63, 3.8) is 0 Å². The fraction of sp³-hybridized carbons (Fsp3) is 0.353. The van der Waals surface area contributed by atoms with Crippen molar-refractivity contribution in [1.82, 2.24) is 10.2 Å². The predicted octanol–water partition coefficient (Wildman–Crippen LogP) is 2.48. The number of hydrogen-bond acceptors (Lipinski definition) is 5. The number of likely N-dealkylation sites (tertiary alicyclic amines) is 1. The van der Waals surface area contributed by atoms with E-state index >= 15 is 0 Å². The summed E-state index contributed by atoms with van der Waals surface area (Å²) in [6, 6.07) is 7.67. The first-order valence-corrected chi connectivity index (χ1v) is 8.66. The van der Waals surface area contributed by atoms with Gasteiger partial charge in [0.1, 0.15) is 0 Å². The third-order valence-corrected chi connectivity index (χ3v) is 4.96. The number of hydrogen-bond donors (Lipinski definition) is 1. The molecule has 0 spiro atoms. The van der Waals surface area contributed by atoms with Crippen LogP contribution in [0.3, 0.4) is 0 Å². The summed E-state index contributed by atoms with van der Waals surface area (Å²) in [5, 5.41) is 7.40. The van der Waals surface area contributed by atoms with Crippen molar-refractivity contribution in [2.24, 2.45) is 0 Å². The first-order chi connectivity index (χ1) is 11.3. The van der Waals surface area contributed by atoms with Crippen molar-refractivity contribution in [3.05, 3.63) is 46.2 Å². The zero-order chi connectivity index (χ0) is 15.6. The van der Waals surface area contributed by atoms with Crippen molar-refractivity contribution in [3.8, 4) is 11.5 Å². The zero-order valence-corrected chi connectivity index (χ0v) is 13.5. The standard InChI is InChI=1S/C17H18N2O3S/c20-17(13-1-2-15-16(7-13)22-11-21-15)18-14-3-5-19(9-14)8-12-4-6-23-10-12/h1-2,4,6-7,10,14H,3,5,8-9,11H2,(H,18,20). The largest absolute Gasteiger partial charge is 0.454 e. The quantitative estimate of drug-likeness (QED) is 0.936. The molecule has 1 saturated heterocycles. The summed E-state index contributed by atoms with van der Waals surface area (Å²) in [6.45, 7) is 3.09. The van der Waals surface area contributed by atoms with E-state index in [2.05, 4.69) is 27.0 Å². The van der Waals surface area contributed by atoms with Crippen LogP contribution in [0.4, 0.5) is 0 Å². The molecule has 0 bridgehead atoms. The SMILES string of the molecule is O=C(NC1CCN(Cc2ccsc2)C1)c1ccc2c(c1)OCO2. The molecule has 1 atom stereocenters. The Morgan fingerprint density at radius 3 is 3.09 bits per heavy atom. The van der Waals surface area contributed by atoms with E-state index in [0.29, 0.717) is 17.1 Å². The topological polar surface area (TPSA) is 50.8 Å². The Hall–Kier alpha value is -2.05. The van der Waals surface area contributed by atoms with E-state index in [1.165, 1.54) is 5.56 Å². The van der Waals surface area contributed by atoms with E-state index in [-0.39, 0.29) is 18.7 Å². The van der Waals surface area contributed by atoms with Crippen molar-refractivity contribution in [1.29, 1.82) is 0 Å². The summed E-state index contributed by atoms with van der Waals surface area (Å²) >= 11 is 1.72. The number of nitrogens with zero attached hydrogens (tertiary/aromatic N) is 1. The van der Waals surface area contributed by atoms with Crippen LogP contribution in [0.15, 0.2) is 35.0 Å². The molecular formula is C17H18N2O3S. The van der Waals surface area contributed by atoms with Gasteiger partial charge in [-0.05, 0) is 47.0 Å². The van der Waals surface area contributed by atoms with Crippen molar-refractivity contribution >= 4 is 17.2 Å². The van der Waals surface area contributed by atoms with Gasteiger partial charge in [0.15, 0.2) is 11.5 Å². The molecule has 23 heavy (non-hydrogen) atoms. The number of rotatable bonds is 4. The third kappa shape index (κ3) is 3.18. The van der Waals surface area contributed by atoms with E-state index in [1.807, 2.05) is 0 Å². The van der Waals surface area contributed by atoms with E-state index in [1.54, 1.807) is 29.5 Å². The average Bonchev–Trinajstić information content (AvgIpc) is 3.28. The molecule has 120 valence electrons. The maximum atomic E-state index is 12.4. The number of fused-ring (bicyclic) bond motifs is 1. The molecule has 2 aliphatic rings. The molecule has 0 saturated carbocycles. The first kappa shape index (κ1) is 14.5. The Bertz CT molecular complexity index is 702. The van der Waals surface area contributed by atoms with E-state index in [4.69, 9.17) is 9.47 Å². The number of ether oxygens (including phenoxy) is 2. The lowest BCUT2D eigenvalue weighted by Crippen LogP contribution is -2.36. The fourth-order valence-electron chi connectivity index (χ4n) is 3.04. The molecule has 1 aromatic carbocycles. The summed E-state index contributed by atoms with van der Waals surface area (Å²) in [7, 11) is 0. The summed E-state index contributed by atoms with van der Waals surface area (Å²) in [5.74, 6) is 1.29. The first-order valence-electron chi connectivity index (χ1n) is 7.72. The highest BCUT2D eigenvalue weighted by atomic mass is 32.1. The van der Waals surface area contributed by atoms with Crippen LogP contribution >= 0.6 is 11.3 Å². The Morgan fingerprint density at radius 1 is 1.30 bits per heavy atom. The number of carbonyl (C=O) groups excluding carboxylic acids is 1. The molecule has 1 fully saturated rings. The molecule has 5 nitrogen and oxygen atoms in total. The third-order valence-electron chi connectivity index (χ3n) is 4.23. The average molecular weight is 330 g/mol. The van der Waals surface area contributed by atoms with E-state index < -0.39 is 0 Å². The van der Waals surface area contributed by atoms with Gasteiger partial charge in [-0.25, -0.2) is 0 Å². The molecule has 2 aliphatic heterocycles. The van der Waals surface area contributed by atoms with Crippen LogP contribution in [0.25, 0.3) is 0 Å². The maximum absolute atomic E-state index is 12.4. The van der Waals surface area contributed by atoms with Gasteiger partial charge in [-0.3, -0.25) is 9.69 Å². The second kappa shape index (κ2) is 6.22. The number of carbonyl (C=O) groups is 1. The lowest BCUT2D eigenvalue weighted by molar-refractivity contribution is 0.0937. The van der Waals surface area contributed by atoms with Crippen LogP contribution in [-0.2, 0) is 6.54 Å². The minimum absolute atomic E-state index is 0.0503. The highest BCUT2D eigenvalue weighted by Crippen LogP contribution is 2.32. The lowest BCUT2D eigenvalue weighted by Gasteiger charge is -2.16. The molecule has 4 rings (SSSR count). The Morgan fingerprint density at radius 2 is 2.22 bits per heavy atom. The molecule has 1 amide bonds. The van der Waals surface area contributed by atoms with Crippen LogP contribution in [0.5, 0.6) is 11.5 Å². The van der Waals surface area contributed by atoms with Gasteiger partial charge < -0.3 is 14.8 Å². The summed E-state index contributed by atoms with van der Waals surface area (Å²) < 4.78 is 10.6. The zero-order valence-electron chi connectivity index (χ0n) is 12.7. The Kier molecular flexibility index (Phi) is 3.93. The Labute approximate surface area is 138 Å². The number of thiophene rings is 1. The van der Waals surface area contributed by atoms with Crippen molar-refractivity contribution < 1.29 is 14.3 Å². The fourth-order valence-corrected chi connectivity index (χ4v) is 3.70. The van der Waals surface area contributed by atoms with Crippen LogP contribution in [0, 0.1) is 0 Å².